The summed E-state index contributed by atoms with van der Waals surface area (Å²) >= 11 is 0. The van der Waals surface area contributed by atoms with Crippen LogP contribution in [0.3, 0.4) is 0 Å². The Morgan fingerprint density at radius 2 is 1.88 bits per heavy atom. The first-order chi connectivity index (χ1) is 16.2. The van der Waals surface area contributed by atoms with Gasteiger partial charge in [-0.15, -0.1) is 5.10 Å². The lowest BCUT2D eigenvalue weighted by molar-refractivity contribution is 0.190. The molecule has 0 unspecified atom stereocenters. The van der Waals surface area contributed by atoms with E-state index in [2.05, 4.69) is 55.7 Å². The standard InChI is InChI=1S/C26H28N6O/c1-17-7-6-10-19-15-22(26(33)27-23(17)19)24(25-28-29-30-32(25)21-11-4-5-12-21)31-14-13-18-8-2-3-9-20(18)16-31/h2-3,6-10,15,21,24H,4-5,11-14,16H2,1H3,(H,27,33)/t24-/m1/s1. The van der Waals surface area contributed by atoms with Gasteiger partial charge in [-0.2, -0.15) is 0 Å². The zero-order valence-corrected chi connectivity index (χ0v) is 18.9. The Morgan fingerprint density at radius 1 is 1.06 bits per heavy atom. The Morgan fingerprint density at radius 3 is 2.73 bits per heavy atom. The molecule has 0 saturated heterocycles. The van der Waals surface area contributed by atoms with Gasteiger partial charge in [-0.05, 0) is 64.8 Å². The average molecular weight is 441 g/mol. The van der Waals surface area contributed by atoms with Crippen LogP contribution in [0.4, 0.5) is 0 Å². The van der Waals surface area contributed by atoms with Gasteiger partial charge < -0.3 is 4.98 Å². The number of benzene rings is 2. The molecule has 1 aliphatic heterocycles. The summed E-state index contributed by atoms with van der Waals surface area (Å²) in [5.74, 6) is 0.777. The van der Waals surface area contributed by atoms with E-state index in [0.717, 1.165) is 54.6 Å². The molecule has 1 saturated carbocycles. The molecule has 1 fully saturated rings. The molecule has 0 bridgehead atoms. The molecule has 1 N–H and O–H groups in total. The van der Waals surface area contributed by atoms with E-state index < -0.39 is 0 Å². The molecule has 1 atom stereocenters. The van der Waals surface area contributed by atoms with E-state index in [4.69, 9.17) is 0 Å². The Hall–Kier alpha value is -3.32. The molecular weight excluding hydrogens is 412 g/mol. The molecule has 7 heteroatoms. The van der Waals surface area contributed by atoms with Gasteiger partial charge in [0.2, 0.25) is 0 Å². The van der Waals surface area contributed by atoms with Crippen molar-refractivity contribution in [1.82, 2.24) is 30.1 Å². The highest BCUT2D eigenvalue weighted by atomic mass is 16.1. The zero-order valence-electron chi connectivity index (χ0n) is 18.9. The van der Waals surface area contributed by atoms with Crippen molar-refractivity contribution in [3.63, 3.8) is 0 Å². The predicted molar refractivity (Wildman–Crippen MR) is 127 cm³/mol. The highest BCUT2D eigenvalue weighted by Gasteiger charge is 2.34. The van der Waals surface area contributed by atoms with Crippen molar-refractivity contribution >= 4 is 10.9 Å². The van der Waals surface area contributed by atoms with E-state index in [-0.39, 0.29) is 11.6 Å². The van der Waals surface area contributed by atoms with Crippen molar-refractivity contribution in [3.05, 3.63) is 87.0 Å². The summed E-state index contributed by atoms with van der Waals surface area (Å²) in [6, 6.07) is 16.7. The first-order valence-electron chi connectivity index (χ1n) is 11.9. The van der Waals surface area contributed by atoms with Gasteiger partial charge in [0.15, 0.2) is 5.82 Å². The van der Waals surface area contributed by atoms with Crippen LogP contribution in [-0.4, -0.2) is 36.6 Å². The van der Waals surface area contributed by atoms with E-state index in [0.29, 0.717) is 11.6 Å². The van der Waals surface area contributed by atoms with Crippen LogP contribution in [0.25, 0.3) is 10.9 Å². The normalized spacial score (nSPS) is 18.0. The minimum absolute atomic E-state index is 0.0679. The maximum absolute atomic E-state index is 13.5. The van der Waals surface area contributed by atoms with Crippen molar-refractivity contribution in [3.8, 4) is 0 Å². The molecule has 3 heterocycles. The monoisotopic (exact) mass is 440 g/mol. The predicted octanol–water partition coefficient (Wildman–Crippen LogP) is 4.09. The van der Waals surface area contributed by atoms with Gasteiger partial charge >= 0.3 is 0 Å². The van der Waals surface area contributed by atoms with Crippen LogP contribution >= 0.6 is 0 Å². The maximum atomic E-state index is 13.5. The number of H-pyrrole nitrogens is 1. The number of pyridine rings is 1. The molecule has 33 heavy (non-hydrogen) atoms. The number of aromatic nitrogens is 5. The zero-order chi connectivity index (χ0) is 22.4. The minimum atomic E-state index is -0.303. The van der Waals surface area contributed by atoms with Gasteiger partial charge in [0.05, 0.1) is 11.6 Å². The van der Waals surface area contributed by atoms with Crippen LogP contribution < -0.4 is 5.56 Å². The fourth-order valence-electron chi connectivity index (χ4n) is 5.63. The molecule has 2 aliphatic rings. The maximum Gasteiger partial charge on any atom is 0.253 e. The highest BCUT2D eigenvalue weighted by Crippen LogP contribution is 2.35. The molecule has 0 radical (unpaired) electrons. The van der Waals surface area contributed by atoms with E-state index in [1.165, 1.54) is 24.0 Å². The number of tetrazole rings is 1. The fourth-order valence-corrected chi connectivity index (χ4v) is 5.63. The van der Waals surface area contributed by atoms with Gasteiger partial charge in [0, 0.05) is 18.7 Å². The number of para-hydroxylation sites is 1. The van der Waals surface area contributed by atoms with Crippen LogP contribution in [0.5, 0.6) is 0 Å². The summed E-state index contributed by atoms with van der Waals surface area (Å²) in [5, 5.41) is 14.0. The second-order valence-corrected chi connectivity index (χ2v) is 9.40. The van der Waals surface area contributed by atoms with Crippen molar-refractivity contribution < 1.29 is 0 Å². The lowest BCUT2D eigenvalue weighted by Gasteiger charge is -2.35. The van der Waals surface area contributed by atoms with E-state index in [1.807, 2.05) is 29.8 Å². The third-order valence-electron chi connectivity index (χ3n) is 7.37. The molecular formula is C26H28N6O. The number of hydrogen-bond donors (Lipinski definition) is 1. The van der Waals surface area contributed by atoms with Crippen molar-refractivity contribution in [2.75, 3.05) is 6.54 Å². The fraction of sp³-hybridized carbons (Fsp3) is 0.385. The minimum Gasteiger partial charge on any atom is -0.321 e. The summed E-state index contributed by atoms with van der Waals surface area (Å²) in [6.07, 6.45) is 5.51. The average Bonchev–Trinajstić information content (AvgIpc) is 3.52. The molecule has 2 aromatic carbocycles. The van der Waals surface area contributed by atoms with E-state index in [1.54, 1.807) is 0 Å². The molecule has 168 valence electrons. The van der Waals surface area contributed by atoms with Crippen LogP contribution in [-0.2, 0) is 13.0 Å². The van der Waals surface area contributed by atoms with Crippen LogP contribution in [0, 0.1) is 6.92 Å². The molecule has 1 aliphatic carbocycles. The summed E-state index contributed by atoms with van der Waals surface area (Å²) in [6.45, 7) is 3.64. The Kier molecular flexibility index (Phi) is 5.06. The van der Waals surface area contributed by atoms with Gasteiger partial charge in [0.25, 0.3) is 5.56 Å². The van der Waals surface area contributed by atoms with Gasteiger partial charge in [-0.3, -0.25) is 9.69 Å². The number of nitrogens with one attached hydrogen (secondary N) is 1. The lowest BCUT2D eigenvalue weighted by atomic mass is 9.95. The Balaban J connectivity index is 1.51. The van der Waals surface area contributed by atoms with Crippen LogP contribution in [0.15, 0.2) is 53.3 Å². The second-order valence-electron chi connectivity index (χ2n) is 9.40. The first-order valence-corrected chi connectivity index (χ1v) is 11.9. The van der Waals surface area contributed by atoms with Crippen molar-refractivity contribution in [1.29, 1.82) is 0 Å². The Labute approximate surface area is 192 Å². The summed E-state index contributed by atoms with van der Waals surface area (Å²) in [7, 11) is 0. The number of nitrogens with zero attached hydrogens (tertiary/aromatic N) is 5. The number of aromatic amines is 1. The van der Waals surface area contributed by atoms with Crippen LogP contribution in [0.1, 0.15) is 65.8 Å². The molecule has 2 aromatic heterocycles. The quantitative estimate of drug-likeness (QED) is 0.517. The van der Waals surface area contributed by atoms with E-state index >= 15 is 0 Å². The molecule has 0 spiro atoms. The number of fused-ring (bicyclic) bond motifs is 2. The number of rotatable bonds is 4. The van der Waals surface area contributed by atoms with Gasteiger partial charge in [-0.1, -0.05) is 55.3 Å². The smallest absolute Gasteiger partial charge is 0.253 e. The first kappa shape index (κ1) is 20.3. The van der Waals surface area contributed by atoms with Gasteiger partial charge in [-0.25, -0.2) is 4.68 Å². The number of aryl methyl sites for hydroxylation is 1. The number of hydrogen-bond acceptors (Lipinski definition) is 5. The molecule has 6 rings (SSSR count). The van der Waals surface area contributed by atoms with Crippen molar-refractivity contribution in [2.45, 2.75) is 57.7 Å². The molecule has 0 amide bonds. The lowest BCUT2D eigenvalue weighted by Crippen LogP contribution is -2.39. The summed E-state index contributed by atoms with van der Waals surface area (Å²) < 4.78 is 2.00. The molecule has 4 aromatic rings. The summed E-state index contributed by atoms with van der Waals surface area (Å²) in [4.78, 5) is 19.0. The molecule has 7 nitrogen and oxygen atoms in total. The Bertz CT molecular complexity index is 1370. The third kappa shape index (κ3) is 3.56. The third-order valence-corrected chi connectivity index (χ3v) is 7.37. The topological polar surface area (TPSA) is 79.7 Å². The van der Waals surface area contributed by atoms with E-state index in [9.17, 15) is 4.79 Å². The SMILES string of the molecule is Cc1cccc2cc([C@H](c3nnnn3C3CCCC3)N3CCc4ccccc4C3)c(=O)[nH]c12. The highest BCUT2D eigenvalue weighted by molar-refractivity contribution is 5.82. The van der Waals surface area contributed by atoms with Gasteiger partial charge in [0.1, 0.15) is 6.04 Å². The van der Waals surface area contributed by atoms with Crippen molar-refractivity contribution in [2.24, 2.45) is 0 Å². The second kappa shape index (κ2) is 8.23. The largest absolute Gasteiger partial charge is 0.321 e. The van der Waals surface area contributed by atoms with Crippen LogP contribution in [0.2, 0.25) is 0 Å². The summed E-state index contributed by atoms with van der Waals surface area (Å²) in [5.41, 5.74) is 5.29.